The fourth-order valence-corrected chi connectivity index (χ4v) is 2.89. The topological polar surface area (TPSA) is 59.8 Å². The van der Waals surface area contributed by atoms with Crippen LogP contribution < -0.4 is 10.4 Å². The molecule has 1 amide bonds. The van der Waals surface area contributed by atoms with E-state index in [2.05, 4.69) is 6.92 Å². The molecule has 122 valence electrons. The van der Waals surface area contributed by atoms with Crippen molar-refractivity contribution in [3.63, 3.8) is 0 Å². The predicted molar refractivity (Wildman–Crippen MR) is 87.7 cm³/mol. The number of likely N-dealkylation sites (tertiary alicyclic amines) is 1. The smallest absolute Gasteiger partial charge is 0.336 e. The molecule has 1 saturated heterocycles. The summed E-state index contributed by atoms with van der Waals surface area (Å²) in [6.07, 6.45) is 2.10. The number of rotatable bonds is 3. The second-order valence-corrected chi connectivity index (χ2v) is 6.26. The highest BCUT2D eigenvalue weighted by Crippen LogP contribution is 2.22. The van der Waals surface area contributed by atoms with Crippen molar-refractivity contribution in [1.29, 1.82) is 0 Å². The van der Waals surface area contributed by atoms with Gasteiger partial charge < -0.3 is 14.1 Å². The number of hydrogen-bond donors (Lipinski definition) is 0. The van der Waals surface area contributed by atoms with Crippen LogP contribution in [0.4, 0.5) is 0 Å². The standard InChI is InChI=1S/C18H21NO4/c1-12-5-7-19(8-6-12)17(20)11-22-14-3-4-15-13(2)9-18(21)23-16(15)10-14/h3-4,9-10,12H,5-8,11H2,1-2H3. The maximum atomic E-state index is 12.2. The van der Waals surface area contributed by atoms with E-state index in [1.54, 1.807) is 12.1 Å². The van der Waals surface area contributed by atoms with E-state index < -0.39 is 0 Å². The third-order valence-electron chi connectivity index (χ3n) is 4.42. The van der Waals surface area contributed by atoms with Gasteiger partial charge in [-0.25, -0.2) is 4.79 Å². The van der Waals surface area contributed by atoms with E-state index in [1.807, 2.05) is 17.9 Å². The number of fused-ring (bicyclic) bond motifs is 1. The Kier molecular flexibility index (Phi) is 4.37. The molecular weight excluding hydrogens is 294 g/mol. The molecule has 5 heteroatoms. The molecule has 1 aliphatic rings. The molecule has 0 aliphatic carbocycles. The highest BCUT2D eigenvalue weighted by Gasteiger charge is 2.20. The zero-order valence-electron chi connectivity index (χ0n) is 13.5. The molecule has 1 aromatic carbocycles. The summed E-state index contributed by atoms with van der Waals surface area (Å²) in [4.78, 5) is 25.5. The molecular formula is C18H21NO4. The Hall–Kier alpha value is -2.30. The number of carbonyl (C=O) groups excluding carboxylic acids is 1. The average molecular weight is 315 g/mol. The van der Waals surface area contributed by atoms with Gasteiger partial charge in [0.15, 0.2) is 6.61 Å². The molecule has 1 aromatic heterocycles. The van der Waals surface area contributed by atoms with Gasteiger partial charge in [-0.3, -0.25) is 4.79 Å². The maximum absolute atomic E-state index is 12.2. The zero-order chi connectivity index (χ0) is 16.4. The Morgan fingerprint density at radius 1 is 1.30 bits per heavy atom. The van der Waals surface area contributed by atoms with E-state index in [4.69, 9.17) is 9.15 Å². The summed E-state index contributed by atoms with van der Waals surface area (Å²) in [6, 6.07) is 6.76. The minimum absolute atomic E-state index is 0.00249. The molecule has 2 heterocycles. The van der Waals surface area contributed by atoms with Crippen LogP contribution in [0.15, 0.2) is 33.5 Å². The van der Waals surface area contributed by atoms with Crippen molar-refractivity contribution in [3.05, 3.63) is 40.2 Å². The predicted octanol–water partition coefficient (Wildman–Crippen LogP) is 2.74. The molecule has 0 radical (unpaired) electrons. The quantitative estimate of drug-likeness (QED) is 0.817. The second kappa shape index (κ2) is 6.44. The number of nitrogens with zero attached hydrogens (tertiary/aromatic N) is 1. The van der Waals surface area contributed by atoms with Crippen LogP contribution in [0.2, 0.25) is 0 Å². The van der Waals surface area contributed by atoms with Crippen LogP contribution in [0, 0.1) is 12.8 Å². The number of benzene rings is 1. The van der Waals surface area contributed by atoms with Gasteiger partial charge in [-0.15, -0.1) is 0 Å². The first kappa shape index (κ1) is 15.6. The Labute approximate surface area is 134 Å². The van der Waals surface area contributed by atoms with Crippen molar-refractivity contribution in [1.82, 2.24) is 4.90 Å². The molecule has 0 unspecified atom stereocenters. The van der Waals surface area contributed by atoms with Crippen molar-refractivity contribution in [3.8, 4) is 5.75 Å². The van der Waals surface area contributed by atoms with E-state index in [-0.39, 0.29) is 18.1 Å². The maximum Gasteiger partial charge on any atom is 0.336 e. The number of hydrogen-bond acceptors (Lipinski definition) is 4. The SMILES string of the molecule is Cc1cc(=O)oc2cc(OCC(=O)N3CCC(C)CC3)ccc12. The molecule has 0 saturated carbocycles. The van der Waals surface area contributed by atoms with E-state index in [0.717, 1.165) is 36.9 Å². The van der Waals surface area contributed by atoms with Gasteiger partial charge in [0.2, 0.25) is 0 Å². The highest BCUT2D eigenvalue weighted by atomic mass is 16.5. The van der Waals surface area contributed by atoms with Gasteiger partial charge in [0.25, 0.3) is 5.91 Å². The first-order valence-corrected chi connectivity index (χ1v) is 7.98. The molecule has 0 atom stereocenters. The molecule has 3 rings (SSSR count). The van der Waals surface area contributed by atoms with Gasteiger partial charge >= 0.3 is 5.63 Å². The minimum atomic E-state index is -0.384. The van der Waals surface area contributed by atoms with Crippen molar-refractivity contribution in [2.24, 2.45) is 5.92 Å². The fraction of sp³-hybridized carbons (Fsp3) is 0.444. The summed E-state index contributed by atoms with van der Waals surface area (Å²) < 4.78 is 10.8. The van der Waals surface area contributed by atoms with Crippen molar-refractivity contribution < 1.29 is 13.9 Å². The monoisotopic (exact) mass is 315 g/mol. The first-order valence-electron chi connectivity index (χ1n) is 7.98. The second-order valence-electron chi connectivity index (χ2n) is 6.26. The normalized spacial score (nSPS) is 15.8. The Balaban J connectivity index is 1.67. The lowest BCUT2D eigenvalue weighted by atomic mass is 9.99. The zero-order valence-corrected chi connectivity index (χ0v) is 13.5. The van der Waals surface area contributed by atoms with Gasteiger partial charge in [0.05, 0.1) is 0 Å². The summed E-state index contributed by atoms with van der Waals surface area (Å²) in [6.45, 7) is 5.68. The van der Waals surface area contributed by atoms with Crippen LogP contribution in [0.25, 0.3) is 11.0 Å². The van der Waals surface area contributed by atoms with Gasteiger partial charge in [-0.05, 0) is 43.4 Å². The fourth-order valence-electron chi connectivity index (χ4n) is 2.89. The van der Waals surface area contributed by atoms with Crippen LogP contribution in [0.3, 0.4) is 0 Å². The number of carbonyl (C=O) groups is 1. The number of amides is 1. The Morgan fingerprint density at radius 3 is 2.78 bits per heavy atom. The van der Waals surface area contributed by atoms with Gasteiger partial charge in [-0.1, -0.05) is 6.92 Å². The Morgan fingerprint density at radius 2 is 2.04 bits per heavy atom. The van der Waals surface area contributed by atoms with Crippen LogP contribution in [0.5, 0.6) is 5.75 Å². The lowest BCUT2D eigenvalue weighted by Crippen LogP contribution is -2.40. The highest BCUT2D eigenvalue weighted by molar-refractivity contribution is 5.81. The molecule has 1 aliphatic heterocycles. The number of piperidine rings is 1. The molecule has 23 heavy (non-hydrogen) atoms. The summed E-state index contributed by atoms with van der Waals surface area (Å²) in [7, 11) is 0. The lowest BCUT2D eigenvalue weighted by Gasteiger charge is -2.30. The largest absolute Gasteiger partial charge is 0.484 e. The van der Waals surface area contributed by atoms with Gasteiger partial charge in [0.1, 0.15) is 11.3 Å². The average Bonchev–Trinajstić information content (AvgIpc) is 2.52. The lowest BCUT2D eigenvalue weighted by molar-refractivity contribution is -0.134. The summed E-state index contributed by atoms with van der Waals surface area (Å²) in [5, 5.41) is 0.869. The third-order valence-corrected chi connectivity index (χ3v) is 4.42. The molecule has 5 nitrogen and oxygen atoms in total. The van der Waals surface area contributed by atoms with Crippen LogP contribution in [-0.4, -0.2) is 30.5 Å². The molecule has 0 spiro atoms. The van der Waals surface area contributed by atoms with E-state index >= 15 is 0 Å². The summed E-state index contributed by atoms with van der Waals surface area (Å²) in [5.74, 6) is 1.22. The van der Waals surface area contributed by atoms with Crippen LogP contribution in [0.1, 0.15) is 25.3 Å². The third kappa shape index (κ3) is 3.55. The molecule has 0 N–H and O–H groups in total. The van der Waals surface area contributed by atoms with Crippen LogP contribution in [-0.2, 0) is 4.79 Å². The molecule has 2 aromatic rings. The Bertz CT molecular complexity index is 772. The minimum Gasteiger partial charge on any atom is -0.484 e. The first-order chi connectivity index (χ1) is 11.0. The number of aryl methyl sites for hydroxylation is 1. The van der Waals surface area contributed by atoms with E-state index in [9.17, 15) is 9.59 Å². The van der Waals surface area contributed by atoms with E-state index in [0.29, 0.717) is 17.3 Å². The summed E-state index contributed by atoms with van der Waals surface area (Å²) in [5.41, 5.74) is 0.957. The van der Waals surface area contributed by atoms with Crippen molar-refractivity contribution in [2.75, 3.05) is 19.7 Å². The van der Waals surface area contributed by atoms with E-state index in [1.165, 1.54) is 6.07 Å². The number of ether oxygens (including phenoxy) is 1. The summed E-state index contributed by atoms with van der Waals surface area (Å²) >= 11 is 0. The van der Waals surface area contributed by atoms with Crippen LogP contribution >= 0.6 is 0 Å². The van der Waals surface area contributed by atoms with Gasteiger partial charge in [-0.2, -0.15) is 0 Å². The molecule has 1 fully saturated rings. The van der Waals surface area contributed by atoms with Crippen molar-refractivity contribution >= 4 is 16.9 Å². The molecule has 0 bridgehead atoms. The van der Waals surface area contributed by atoms with Gasteiger partial charge in [0, 0.05) is 30.6 Å². The van der Waals surface area contributed by atoms with Crippen molar-refractivity contribution in [2.45, 2.75) is 26.7 Å².